The van der Waals surface area contributed by atoms with E-state index in [1.165, 1.54) is 48.3 Å². The number of hydrogen-bond donors (Lipinski definition) is 1. The van der Waals surface area contributed by atoms with Crippen LogP contribution < -0.4 is 5.32 Å². The number of aryl methyl sites for hydroxylation is 1. The van der Waals surface area contributed by atoms with Crippen molar-refractivity contribution in [3.8, 4) is 0 Å². The van der Waals surface area contributed by atoms with Gasteiger partial charge in [-0.15, -0.1) is 11.8 Å². The Morgan fingerprint density at radius 2 is 1.90 bits per heavy atom. The second kappa shape index (κ2) is 8.09. The van der Waals surface area contributed by atoms with Gasteiger partial charge in [-0.3, -0.25) is 0 Å². The van der Waals surface area contributed by atoms with Crippen LogP contribution in [-0.4, -0.2) is 18.8 Å². The molecule has 0 spiro atoms. The van der Waals surface area contributed by atoms with E-state index in [-0.39, 0.29) is 0 Å². The summed E-state index contributed by atoms with van der Waals surface area (Å²) in [6, 6.07) is 9.60. The van der Waals surface area contributed by atoms with Crippen LogP contribution in [0, 0.1) is 18.8 Å². The zero-order valence-electron chi connectivity index (χ0n) is 13.2. The van der Waals surface area contributed by atoms with Crippen molar-refractivity contribution in [3.63, 3.8) is 0 Å². The number of benzene rings is 1. The smallest absolute Gasteiger partial charge is 0.0189 e. The van der Waals surface area contributed by atoms with Crippen LogP contribution in [0.3, 0.4) is 0 Å². The van der Waals surface area contributed by atoms with Gasteiger partial charge in [-0.2, -0.15) is 0 Å². The van der Waals surface area contributed by atoms with Crippen LogP contribution in [0.4, 0.5) is 0 Å². The van der Waals surface area contributed by atoms with Crippen LogP contribution in [0.5, 0.6) is 0 Å². The van der Waals surface area contributed by atoms with Gasteiger partial charge >= 0.3 is 0 Å². The molecule has 1 N–H and O–H groups in total. The highest BCUT2D eigenvalue weighted by Crippen LogP contribution is 2.36. The molecule has 2 rings (SSSR count). The molecule has 2 heteroatoms. The van der Waals surface area contributed by atoms with Crippen LogP contribution in [0.1, 0.15) is 44.6 Å². The summed E-state index contributed by atoms with van der Waals surface area (Å²) in [7, 11) is 2.14. The standard InChI is InChI=1S/C18H29NS/c1-4-15-7-5-6-8-17(15)18(19-3)13-20-16-11-9-14(2)10-12-16/h9-12,15,17-19H,4-8,13H2,1-3H3. The first-order chi connectivity index (χ1) is 9.74. The zero-order valence-corrected chi connectivity index (χ0v) is 14.0. The molecule has 0 saturated heterocycles. The van der Waals surface area contributed by atoms with Crippen molar-refractivity contribution in [2.24, 2.45) is 11.8 Å². The first kappa shape index (κ1) is 15.9. The maximum absolute atomic E-state index is 3.60. The minimum absolute atomic E-state index is 0.659. The van der Waals surface area contributed by atoms with Gasteiger partial charge in [0.25, 0.3) is 0 Å². The van der Waals surface area contributed by atoms with E-state index in [2.05, 4.69) is 50.5 Å². The lowest BCUT2D eigenvalue weighted by atomic mass is 9.74. The van der Waals surface area contributed by atoms with E-state index in [4.69, 9.17) is 0 Å². The third kappa shape index (κ3) is 4.26. The Bertz CT molecular complexity index is 387. The minimum Gasteiger partial charge on any atom is -0.316 e. The van der Waals surface area contributed by atoms with Crippen LogP contribution in [-0.2, 0) is 0 Å². The first-order valence-electron chi connectivity index (χ1n) is 8.11. The molecule has 0 bridgehead atoms. The fourth-order valence-electron chi connectivity index (χ4n) is 3.51. The largest absolute Gasteiger partial charge is 0.316 e. The van der Waals surface area contributed by atoms with E-state index in [0.29, 0.717) is 6.04 Å². The van der Waals surface area contributed by atoms with E-state index in [1.54, 1.807) is 0 Å². The normalized spacial score (nSPS) is 24.6. The second-order valence-corrected chi connectivity index (χ2v) is 7.23. The van der Waals surface area contributed by atoms with Crippen molar-refractivity contribution in [1.82, 2.24) is 5.32 Å². The third-order valence-electron chi connectivity index (χ3n) is 4.83. The van der Waals surface area contributed by atoms with Crippen LogP contribution >= 0.6 is 11.8 Å². The second-order valence-electron chi connectivity index (χ2n) is 6.14. The summed E-state index contributed by atoms with van der Waals surface area (Å²) in [5, 5.41) is 3.60. The molecule has 0 amide bonds. The van der Waals surface area contributed by atoms with E-state index in [9.17, 15) is 0 Å². The van der Waals surface area contributed by atoms with Gasteiger partial charge in [0.05, 0.1) is 0 Å². The monoisotopic (exact) mass is 291 g/mol. The molecule has 1 aliphatic carbocycles. The van der Waals surface area contributed by atoms with Crippen molar-refractivity contribution < 1.29 is 0 Å². The number of hydrogen-bond acceptors (Lipinski definition) is 2. The molecule has 1 aromatic carbocycles. The average Bonchev–Trinajstić information content (AvgIpc) is 2.50. The van der Waals surface area contributed by atoms with E-state index < -0.39 is 0 Å². The first-order valence-corrected chi connectivity index (χ1v) is 9.10. The lowest BCUT2D eigenvalue weighted by Crippen LogP contribution is -2.41. The summed E-state index contributed by atoms with van der Waals surface area (Å²) < 4.78 is 0. The number of rotatable bonds is 6. The highest BCUT2D eigenvalue weighted by molar-refractivity contribution is 7.99. The van der Waals surface area contributed by atoms with Gasteiger partial charge in [-0.25, -0.2) is 0 Å². The number of thioether (sulfide) groups is 1. The topological polar surface area (TPSA) is 12.0 Å². The lowest BCUT2D eigenvalue weighted by Gasteiger charge is -2.36. The summed E-state index contributed by atoms with van der Waals surface area (Å²) >= 11 is 2.01. The van der Waals surface area contributed by atoms with Crippen molar-refractivity contribution in [2.75, 3.05) is 12.8 Å². The summed E-state index contributed by atoms with van der Waals surface area (Å²) in [5.74, 6) is 3.00. The summed E-state index contributed by atoms with van der Waals surface area (Å²) in [6.07, 6.45) is 7.07. The fraction of sp³-hybridized carbons (Fsp3) is 0.667. The van der Waals surface area contributed by atoms with Crippen molar-refractivity contribution in [2.45, 2.75) is 56.9 Å². The van der Waals surface area contributed by atoms with Gasteiger partial charge in [0.2, 0.25) is 0 Å². The van der Waals surface area contributed by atoms with Gasteiger partial charge in [-0.05, 0) is 44.4 Å². The van der Waals surface area contributed by atoms with Crippen molar-refractivity contribution in [3.05, 3.63) is 29.8 Å². The van der Waals surface area contributed by atoms with Crippen molar-refractivity contribution in [1.29, 1.82) is 0 Å². The van der Waals surface area contributed by atoms with Crippen LogP contribution in [0.15, 0.2) is 29.2 Å². The van der Waals surface area contributed by atoms with Gasteiger partial charge in [0.1, 0.15) is 0 Å². The maximum Gasteiger partial charge on any atom is 0.0189 e. The molecule has 0 aromatic heterocycles. The summed E-state index contributed by atoms with van der Waals surface area (Å²) in [6.45, 7) is 4.52. The molecule has 3 atom stereocenters. The predicted molar refractivity (Wildman–Crippen MR) is 90.5 cm³/mol. The van der Waals surface area contributed by atoms with E-state index in [0.717, 1.165) is 11.8 Å². The highest BCUT2D eigenvalue weighted by Gasteiger charge is 2.29. The molecule has 1 aliphatic rings. The quantitative estimate of drug-likeness (QED) is 0.749. The molecule has 0 radical (unpaired) electrons. The Morgan fingerprint density at radius 1 is 1.20 bits per heavy atom. The van der Waals surface area contributed by atoms with Gasteiger partial charge in [-0.1, -0.05) is 50.3 Å². The molecular formula is C18H29NS. The molecule has 3 unspecified atom stereocenters. The molecule has 112 valence electrons. The average molecular weight is 292 g/mol. The SMILES string of the molecule is CCC1CCCCC1C(CSc1ccc(C)cc1)NC. The molecule has 20 heavy (non-hydrogen) atoms. The Kier molecular flexibility index (Phi) is 6.44. The molecule has 1 fully saturated rings. The van der Waals surface area contributed by atoms with Crippen LogP contribution in [0.25, 0.3) is 0 Å². The Hall–Kier alpha value is -0.470. The molecule has 0 heterocycles. The summed E-state index contributed by atoms with van der Waals surface area (Å²) in [4.78, 5) is 1.40. The maximum atomic E-state index is 3.60. The molecule has 1 saturated carbocycles. The van der Waals surface area contributed by atoms with Crippen LogP contribution in [0.2, 0.25) is 0 Å². The fourth-order valence-corrected chi connectivity index (χ4v) is 4.63. The third-order valence-corrected chi connectivity index (χ3v) is 5.96. The lowest BCUT2D eigenvalue weighted by molar-refractivity contribution is 0.190. The zero-order chi connectivity index (χ0) is 14.4. The Balaban J connectivity index is 1.92. The van der Waals surface area contributed by atoms with Crippen molar-refractivity contribution >= 4 is 11.8 Å². The number of nitrogens with one attached hydrogen (secondary N) is 1. The molecule has 1 nitrogen and oxygen atoms in total. The van der Waals surface area contributed by atoms with Gasteiger partial charge in [0.15, 0.2) is 0 Å². The Labute approximate surface area is 128 Å². The predicted octanol–water partition coefficient (Wildman–Crippen LogP) is 4.89. The highest BCUT2D eigenvalue weighted by atomic mass is 32.2. The molecule has 1 aromatic rings. The molecular weight excluding hydrogens is 262 g/mol. The molecule has 0 aliphatic heterocycles. The van der Waals surface area contributed by atoms with E-state index >= 15 is 0 Å². The minimum atomic E-state index is 0.659. The Morgan fingerprint density at radius 3 is 2.55 bits per heavy atom. The van der Waals surface area contributed by atoms with E-state index in [1.807, 2.05) is 11.8 Å². The van der Waals surface area contributed by atoms with Gasteiger partial charge < -0.3 is 5.32 Å². The van der Waals surface area contributed by atoms with Gasteiger partial charge in [0, 0.05) is 16.7 Å². The summed E-state index contributed by atoms with van der Waals surface area (Å²) in [5.41, 5.74) is 1.35.